The lowest BCUT2D eigenvalue weighted by molar-refractivity contribution is -0.274. The summed E-state index contributed by atoms with van der Waals surface area (Å²) in [5.41, 5.74) is -0.209. The van der Waals surface area contributed by atoms with Gasteiger partial charge >= 0.3 is 6.36 Å². The van der Waals surface area contributed by atoms with Gasteiger partial charge in [-0.3, -0.25) is 0 Å². The van der Waals surface area contributed by atoms with E-state index in [0.717, 1.165) is 18.2 Å². The van der Waals surface area contributed by atoms with Gasteiger partial charge in [-0.2, -0.15) is 4.39 Å². The molecule has 1 aromatic heterocycles. The number of hydrogen-bond acceptors (Lipinski definition) is 2. The second kappa shape index (κ2) is 4.83. The lowest BCUT2D eigenvalue weighted by atomic mass is 10.1. The Morgan fingerprint density at radius 3 is 2.47 bits per heavy atom. The van der Waals surface area contributed by atoms with Crippen molar-refractivity contribution in [1.82, 2.24) is 4.98 Å². The molecule has 1 aromatic carbocycles. The summed E-state index contributed by atoms with van der Waals surface area (Å²) in [5, 5.41) is 0. The van der Waals surface area contributed by atoms with E-state index in [2.05, 4.69) is 9.72 Å². The molecular weight excluding hydrogens is 269 g/mol. The van der Waals surface area contributed by atoms with Gasteiger partial charge in [-0.15, -0.1) is 13.2 Å². The summed E-state index contributed by atoms with van der Waals surface area (Å²) in [6.45, 7) is 0. The van der Waals surface area contributed by atoms with E-state index in [4.69, 9.17) is 0 Å². The summed E-state index contributed by atoms with van der Waals surface area (Å²) in [7, 11) is 0. The van der Waals surface area contributed by atoms with Crippen molar-refractivity contribution >= 4 is 0 Å². The molecule has 0 aliphatic carbocycles. The van der Waals surface area contributed by atoms with E-state index < -0.39 is 23.9 Å². The van der Waals surface area contributed by atoms with Crippen LogP contribution < -0.4 is 4.74 Å². The van der Waals surface area contributed by atoms with Crippen LogP contribution >= 0.6 is 0 Å². The summed E-state index contributed by atoms with van der Waals surface area (Å²) in [6, 6.07) is 5.41. The summed E-state index contributed by atoms with van der Waals surface area (Å²) in [6.07, 6.45) is -4.17. The third-order valence-electron chi connectivity index (χ3n) is 2.18. The lowest BCUT2D eigenvalue weighted by Gasteiger charge is -2.10. The maximum atomic E-state index is 13.4. The van der Waals surface area contributed by atoms with E-state index in [0.29, 0.717) is 6.20 Å². The Morgan fingerprint density at radius 1 is 1.05 bits per heavy atom. The van der Waals surface area contributed by atoms with Crippen LogP contribution in [0.25, 0.3) is 11.1 Å². The first kappa shape index (κ1) is 13.3. The fourth-order valence-electron chi connectivity index (χ4n) is 1.49. The van der Waals surface area contributed by atoms with Crippen LogP contribution in [-0.2, 0) is 0 Å². The van der Waals surface area contributed by atoms with Gasteiger partial charge in [0.25, 0.3) is 0 Å². The number of ether oxygens (including phenoxy) is 1. The summed E-state index contributed by atoms with van der Waals surface area (Å²) in [4.78, 5) is 3.15. The Morgan fingerprint density at radius 2 is 1.79 bits per heavy atom. The molecule has 0 atom stereocenters. The summed E-state index contributed by atoms with van der Waals surface area (Å²) < 4.78 is 66.2. The molecule has 0 unspecified atom stereocenters. The average molecular weight is 275 g/mol. The van der Waals surface area contributed by atoms with E-state index in [9.17, 15) is 22.0 Å². The molecule has 0 radical (unpaired) electrons. The molecule has 1 heterocycles. The monoisotopic (exact) mass is 275 g/mol. The molecule has 0 N–H and O–H groups in total. The maximum Gasteiger partial charge on any atom is 0.573 e. The topological polar surface area (TPSA) is 22.1 Å². The quantitative estimate of drug-likeness (QED) is 0.612. The molecule has 0 aliphatic rings. The minimum absolute atomic E-state index is 0.0336. The predicted octanol–water partition coefficient (Wildman–Crippen LogP) is 3.93. The van der Waals surface area contributed by atoms with Crippen molar-refractivity contribution in [3.05, 3.63) is 48.3 Å². The molecule has 0 saturated carbocycles. The third kappa shape index (κ3) is 3.40. The zero-order chi connectivity index (χ0) is 14.0. The first-order chi connectivity index (χ1) is 8.85. The van der Waals surface area contributed by atoms with Crippen molar-refractivity contribution in [2.75, 3.05) is 0 Å². The molecule has 2 aromatic rings. The van der Waals surface area contributed by atoms with Gasteiger partial charge in [0, 0.05) is 5.56 Å². The Hall–Kier alpha value is -2.18. The minimum atomic E-state index is -4.85. The molecule has 0 aliphatic heterocycles. The van der Waals surface area contributed by atoms with Gasteiger partial charge in [-0.1, -0.05) is 12.1 Å². The highest BCUT2D eigenvalue weighted by Gasteiger charge is 2.31. The molecule has 2 nitrogen and oxygen atoms in total. The van der Waals surface area contributed by atoms with E-state index in [1.54, 1.807) is 0 Å². The van der Waals surface area contributed by atoms with Crippen LogP contribution in [0.5, 0.6) is 5.75 Å². The second-order valence-corrected chi connectivity index (χ2v) is 3.57. The molecule has 0 saturated heterocycles. The average Bonchev–Trinajstić information content (AvgIpc) is 2.30. The first-order valence-electron chi connectivity index (χ1n) is 5.02. The number of pyridine rings is 1. The fraction of sp³-hybridized carbons (Fsp3) is 0.0833. The number of benzene rings is 1. The Labute approximate surface area is 104 Å². The van der Waals surface area contributed by atoms with Crippen molar-refractivity contribution < 1.29 is 26.7 Å². The van der Waals surface area contributed by atoms with Crippen molar-refractivity contribution in [3.8, 4) is 16.9 Å². The molecule has 19 heavy (non-hydrogen) atoms. The molecule has 0 fully saturated rings. The third-order valence-corrected chi connectivity index (χ3v) is 2.18. The van der Waals surface area contributed by atoms with Crippen molar-refractivity contribution in [2.45, 2.75) is 6.36 Å². The zero-order valence-electron chi connectivity index (χ0n) is 9.21. The lowest BCUT2D eigenvalue weighted by Crippen LogP contribution is -2.17. The Kier molecular flexibility index (Phi) is 3.37. The number of rotatable bonds is 2. The van der Waals surface area contributed by atoms with E-state index >= 15 is 0 Å². The Bertz CT molecular complexity index is 597. The fourth-order valence-corrected chi connectivity index (χ4v) is 1.49. The van der Waals surface area contributed by atoms with Gasteiger partial charge in [0.15, 0.2) is 0 Å². The maximum absolute atomic E-state index is 13.4. The summed E-state index contributed by atoms with van der Waals surface area (Å²) in [5.74, 6) is -2.29. The van der Waals surface area contributed by atoms with Crippen molar-refractivity contribution in [3.63, 3.8) is 0 Å². The van der Waals surface area contributed by atoms with Gasteiger partial charge in [-0.25, -0.2) is 9.37 Å². The van der Waals surface area contributed by atoms with Gasteiger partial charge in [0.1, 0.15) is 11.6 Å². The number of aromatic nitrogens is 1. The number of nitrogens with zero attached hydrogens (tertiary/aromatic N) is 1. The second-order valence-electron chi connectivity index (χ2n) is 3.57. The largest absolute Gasteiger partial charge is 0.573 e. The predicted molar refractivity (Wildman–Crippen MR) is 56.3 cm³/mol. The first-order valence-corrected chi connectivity index (χ1v) is 5.02. The highest BCUT2D eigenvalue weighted by atomic mass is 19.4. The minimum Gasteiger partial charge on any atom is -0.406 e. The number of halogens is 5. The van der Waals surface area contributed by atoms with Gasteiger partial charge in [0.05, 0.1) is 6.20 Å². The summed E-state index contributed by atoms with van der Waals surface area (Å²) >= 11 is 0. The molecular formula is C12H6F5NO. The van der Waals surface area contributed by atoms with Crippen LogP contribution in [0, 0.1) is 11.8 Å². The van der Waals surface area contributed by atoms with Crippen LogP contribution in [0.2, 0.25) is 0 Å². The molecule has 0 spiro atoms. The molecule has 7 heteroatoms. The van der Waals surface area contributed by atoms with E-state index in [1.807, 2.05) is 0 Å². The van der Waals surface area contributed by atoms with Crippen molar-refractivity contribution in [1.29, 1.82) is 0 Å². The highest BCUT2D eigenvalue weighted by Crippen LogP contribution is 2.29. The normalized spacial score (nSPS) is 11.4. The molecule has 100 valence electrons. The van der Waals surface area contributed by atoms with Crippen LogP contribution in [0.3, 0.4) is 0 Å². The van der Waals surface area contributed by atoms with Crippen LogP contribution in [-0.4, -0.2) is 11.3 Å². The Balaban J connectivity index is 2.40. The van der Waals surface area contributed by atoms with Gasteiger partial charge < -0.3 is 4.74 Å². The van der Waals surface area contributed by atoms with Crippen LogP contribution in [0.4, 0.5) is 22.0 Å². The molecule has 0 amide bonds. The number of alkyl halides is 3. The smallest absolute Gasteiger partial charge is 0.406 e. The zero-order valence-corrected chi connectivity index (χ0v) is 9.21. The standard InChI is InChI=1S/C12H6F5NO/c13-8-5-10(11(14)18-6-8)7-2-1-3-9(4-7)19-12(15,16)17/h1-6H. The van der Waals surface area contributed by atoms with Crippen LogP contribution in [0.1, 0.15) is 0 Å². The van der Waals surface area contributed by atoms with Gasteiger partial charge in [-0.05, 0) is 23.8 Å². The molecule has 0 bridgehead atoms. The van der Waals surface area contributed by atoms with Crippen LogP contribution in [0.15, 0.2) is 36.5 Å². The van der Waals surface area contributed by atoms with E-state index in [-0.39, 0.29) is 11.1 Å². The highest BCUT2D eigenvalue weighted by molar-refractivity contribution is 5.64. The number of hydrogen-bond donors (Lipinski definition) is 0. The van der Waals surface area contributed by atoms with Crippen molar-refractivity contribution in [2.24, 2.45) is 0 Å². The molecule has 2 rings (SSSR count). The van der Waals surface area contributed by atoms with E-state index in [1.165, 1.54) is 12.1 Å². The van der Waals surface area contributed by atoms with Gasteiger partial charge in [0.2, 0.25) is 5.95 Å². The SMILES string of the molecule is Fc1cnc(F)c(-c2cccc(OC(F)(F)F)c2)c1.